The molecule has 0 radical (unpaired) electrons. The molecule has 4 heterocycles. The highest BCUT2D eigenvalue weighted by Gasteiger charge is 2.47. The van der Waals surface area contributed by atoms with Crippen LogP contribution in [0.2, 0.25) is 0 Å². The highest BCUT2D eigenvalue weighted by molar-refractivity contribution is 5.94. The van der Waals surface area contributed by atoms with Crippen LogP contribution in [0.4, 0.5) is 0 Å². The van der Waals surface area contributed by atoms with Crippen LogP contribution in [0.25, 0.3) is 0 Å². The second kappa shape index (κ2) is 10.1. The van der Waals surface area contributed by atoms with Gasteiger partial charge in [-0.25, -0.2) is 9.59 Å². The first-order valence-electron chi connectivity index (χ1n) is 12.8. The molecule has 0 saturated carbocycles. The number of piperidine rings is 2. The second-order valence-electron chi connectivity index (χ2n) is 10.5. The Morgan fingerprint density at radius 3 is 2.50 bits per heavy atom. The lowest BCUT2D eigenvalue weighted by atomic mass is 9.69. The van der Waals surface area contributed by atoms with Gasteiger partial charge in [-0.3, -0.25) is 0 Å². The molecule has 196 valence electrons. The third kappa shape index (κ3) is 4.53. The fourth-order valence-corrected chi connectivity index (χ4v) is 6.25. The predicted octanol–water partition coefficient (Wildman–Crippen LogP) is 2.31. The molecule has 1 spiro atoms. The summed E-state index contributed by atoms with van der Waals surface area (Å²) in [4.78, 5) is 28.3. The first-order valence-corrected chi connectivity index (χ1v) is 12.8. The highest BCUT2D eigenvalue weighted by atomic mass is 16.7. The minimum atomic E-state index is -0.628. The molecule has 1 aromatic carbocycles. The number of likely N-dealkylation sites (tertiary alicyclic amines) is 2. The number of carbonyl (C=O) groups is 2. The topological polar surface area (TPSA) is 97.8 Å². The molecule has 1 unspecified atom stereocenters. The molecule has 2 fully saturated rings. The number of ether oxygens (including phenoxy) is 4. The van der Waals surface area contributed by atoms with Gasteiger partial charge in [-0.05, 0) is 63.4 Å². The Morgan fingerprint density at radius 1 is 1.08 bits per heavy atom. The summed E-state index contributed by atoms with van der Waals surface area (Å²) >= 11 is 0. The van der Waals surface area contributed by atoms with Crippen molar-refractivity contribution in [3.8, 4) is 0 Å². The minimum absolute atomic E-state index is 0.00855. The molecule has 4 aliphatic heterocycles. The number of β-amino-alcohol motifs (C(OH)–C–C–N with tert-alkyl or cyclic N) is 1. The molecule has 0 aliphatic carbocycles. The van der Waals surface area contributed by atoms with Crippen molar-refractivity contribution in [3.05, 3.63) is 45.7 Å². The van der Waals surface area contributed by atoms with Gasteiger partial charge in [0.1, 0.15) is 20.0 Å². The summed E-state index contributed by atoms with van der Waals surface area (Å²) in [5, 5.41) is 11.1. The van der Waals surface area contributed by atoms with E-state index in [0.29, 0.717) is 30.8 Å². The van der Waals surface area contributed by atoms with Crippen molar-refractivity contribution in [2.24, 2.45) is 5.41 Å². The van der Waals surface area contributed by atoms with E-state index in [0.717, 1.165) is 61.3 Å². The zero-order valence-corrected chi connectivity index (χ0v) is 21.4. The summed E-state index contributed by atoms with van der Waals surface area (Å²) in [6.07, 6.45) is 2.28. The third-order valence-corrected chi connectivity index (χ3v) is 8.65. The number of fused-ring (bicyclic) bond motifs is 1. The number of hydrogen-bond donors (Lipinski definition) is 1. The van der Waals surface area contributed by atoms with E-state index in [4.69, 9.17) is 18.9 Å². The summed E-state index contributed by atoms with van der Waals surface area (Å²) in [7, 11) is 1.64. The number of benzene rings is 1. The van der Waals surface area contributed by atoms with Crippen molar-refractivity contribution in [2.75, 3.05) is 53.2 Å². The summed E-state index contributed by atoms with van der Waals surface area (Å²) in [5.41, 5.74) is 5.00. The van der Waals surface area contributed by atoms with Gasteiger partial charge >= 0.3 is 11.9 Å². The maximum absolute atomic E-state index is 11.9. The van der Waals surface area contributed by atoms with Crippen LogP contribution in [0.15, 0.2) is 23.4 Å². The average Bonchev–Trinajstić information content (AvgIpc) is 3.42. The standard InChI is InChI=1S/C27H36N2O7/c1-17-19(4-5-20-21(17)14-34-26(20)32)23(30)12-28-9-6-27(7-10-28)8-11-29(13-24(27)36-16-33-3)22-15-35-25(31)18(22)2/h4-5,23-24,30H,6-16H2,1-3H3/t23?,24-/m1/s1. The van der Waals surface area contributed by atoms with Gasteiger partial charge in [0.15, 0.2) is 0 Å². The molecule has 2 atom stereocenters. The van der Waals surface area contributed by atoms with Crippen LogP contribution in [0.3, 0.4) is 0 Å². The molecule has 0 amide bonds. The smallest absolute Gasteiger partial charge is 0.338 e. The Kier molecular flexibility index (Phi) is 7.09. The van der Waals surface area contributed by atoms with E-state index in [1.165, 1.54) is 0 Å². The molecular weight excluding hydrogens is 464 g/mol. The van der Waals surface area contributed by atoms with Gasteiger partial charge in [-0.1, -0.05) is 6.07 Å². The van der Waals surface area contributed by atoms with E-state index in [2.05, 4.69) is 9.80 Å². The fourth-order valence-electron chi connectivity index (χ4n) is 6.25. The SMILES string of the molecule is COCO[C@@H]1CN(C2=C(C)C(=O)OC2)CCC12CCN(CC(O)c1ccc3c(c1C)COC3=O)CC2. The summed E-state index contributed by atoms with van der Waals surface area (Å²) < 4.78 is 21.9. The summed E-state index contributed by atoms with van der Waals surface area (Å²) in [5.74, 6) is -0.519. The Morgan fingerprint density at radius 2 is 1.81 bits per heavy atom. The number of carbonyl (C=O) groups excluding carboxylic acids is 2. The summed E-state index contributed by atoms with van der Waals surface area (Å²) in [6.45, 7) is 8.52. The fraction of sp³-hybridized carbons (Fsp3) is 0.630. The number of hydrogen-bond acceptors (Lipinski definition) is 9. The van der Waals surface area contributed by atoms with E-state index < -0.39 is 6.10 Å². The zero-order chi connectivity index (χ0) is 25.4. The lowest BCUT2D eigenvalue weighted by Crippen LogP contribution is -2.56. The van der Waals surface area contributed by atoms with Crippen LogP contribution in [-0.4, -0.2) is 86.2 Å². The molecule has 36 heavy (non-hydrogen) atoms. The average molecular weight is 501 g/mol. The van der Waals surface area contributed by atoms with Crippen LogP contribution >= 0.6 is 0 Å². The van der Waals surface area contributed by atoms with E-state index in [1.807, 2.05) is 19.9 Å². The van der Waals surface area contributed by atoms with E-state index in [-0.39, 0.29) is 36.9 Å². The van der Waals surface area contributed by atoms with Crippen LogP contribution < -0.4 is 0 Å². The quantitative estimate of drug-likeness (QED) is 0.447. The van der Waals surface area contributed by atoms with Crippen molar-refractivity contribution in [1.29, 1.82) is 0 Å². The number of nitrogens with zero attached hydrogens (tertiary/aromatic N) is 2. The maximum atomic E-state index is 11.9. The van der Waals surface area contributed by atoms with E-state index in [9.17, 15) is 14.7 Å². The van der Waals surface area contributed by atoms with Crippen LogP contribution in [-0.2, 0) is 30.3 Å². The number of esters is 2. The minimum Gasteiger partial charge on any atom is -0.457 e. The Hall–Kier alpha value is -2.46. The van der Waals surface area contributed by atoms with Gasteiger partial charge in [0.05, 0.1) is 29.0 Å². The van der Waals surface area contributed by atoms with Gasteiger partial charge < -0.3 is 33.9 Å². The molecule has 0 aromatic heterocycles. The first-order chi connectivity index (χ1) is 17.3. The van der Waals surface area contributed by atoms with Crippen LogP contribution in [0.5, 0.6) is 0 Å². The summed E-state index contributed by atoms with van der Waals surface area (Å²) in [6, 6.07) is 3.63. The lowest BCUT2D eigenvalue weighted by molar-refractivity contribution is -0.157. The number of aliphatic hydroxyl groups is 1. The number of methoxy groups -OCH3 is 1. The maximum Gasteiger partial charge on any atom is 0.338 e. The van der Waals surface area contributed by atoms with Gasteiger partial charge in [-0.2, -0.15) is 0 Å². The number of cyclic esters (lactones) is 2. The van der Waals surface area contributed by atoms with Crippen molar-refractivity contribution in [3.63, 3.8) is 0 Å². The zero-order valence-electron chi connectivity index (χ0n) is 21.4. The normalized spacial score (nSPS) is 24.8. The number of rotatable bonds is 7. The second-order valence-corrected chi connectivity index (χ2v) is 10.5. The van der Waals surface area contributed by atoms with Crippen LogP contribution in [0, 0.1) is 12.3 Å². The lowest BCUT2D eigenvalue weighted by Gasteiger charge is -2.52. The predicted molar refractivity (Wildman–Crippen MR) is 130 cm³/mol. The van der Waals surface area contributed by atoms with Crippen LogP contribution in [0.1, 0.15) is 59.3 Å². The molecule has 0 bridgehead atoms. The molecule has 1 N–H and O–H groups in total. The van der Waals surface area contributed by atoms with Crippen molar-refractivity contribution < 1.29 is 33.6 Å². The Bertz CT molecular complexity index is 1060. The molecule has 1 aromatic rings. The first kappa shape index (κ1) is 25.2. The molecule has 9 nitrogen and oxygen atoms in total. The molecule has 4 aliphatic rings. The largest absolute Gasteiger partial charge is 0.457 e. The van der Waals surface area contributed by atoms with Crippen molar-refractivity contribution in [1.82, 2.24) is 9.80 Å². The van der Waals surface area contributed by atoms with Gasteiger partial charge in [0.2, 0.25) is 0 Å². The molecule has 2 saturated heterocycles. The molecular formula is C27H36N2O7. The Labute approximate surface area is 211 Å². The van der Waals surface area contributed by atoms with Gasteiger partial charge in [-0.15, -0.1) is 0 Å². The van der Waals surface area contributed by atoms with Crippen molar-refractivity contribution >= 4 is 11.9 Å². The van der Waals surface area contributed by atoms with Crippen molar-refractivity contribution in [2.45, 2.75) is 51.9 Å². The van der Waals surface area contributed by atoms with E-state index in [1.54, 1.807) is 13.2 Å². The number of aliphatic hydroxyl groups excluding tert-OH is 1. The molecule has 9 heteroatoms. The molecule has 5 rings (SSSR count). The highest BCUT2D eigenvalue weighted by Crippen LogP contribution is 2.44. The van der Waals surface area contributed by atoms with Gasteiger partial charge in [0.25, 0.3) is 0 Å². The Balaban J connectivity index is 1.23. The third-order valence-electron chi connectivity index (χ3n) is 8.65. The monoisotopic (exact) mass is 500 g/mol. The van der Waals surface area contributed by atoms with Gasteiger partial charge in [0, 0.05) is 37.7 Å². The van der Waals surface area contributed by atoms with E-state index >= 15 is 0 Å².